The molecule has 1 fully saturated rings. The average molecular weight is 258 g/mol. The van der Waals surface area contributed by atoms with Crippen LogP contribution in [0.3, 0.4) is 0 Å². The van der Waals surface area contributed by atoms with Crippen LogP contribution in [-0.2, 0) is 4.74 Å². The first-order valence-electron chi connectivity index (χ1n) is 9.76. The SMILES string of the molecule is [2H]c1c([2H])c(O)c([2H])c(C2([2H])C([2H])([2H])N(C(=O)OC(C)(C)C)C2([2H])[2H])c1[2H]. The Kier molecular flexibility index (Phi) is 1.38. The first kappa shape index (κ1) is 5.51. The van der Waals surface area contributed by atoms with Gasteiger partial charge in [0.2, 0.25) is 0 Å². The number of ether oxygens (including phenoxy) is 1. The summed E-state index contributed by atoms with van der Waals surface area (Å²) >= 11 is 0. The van der Waals surface area contributed by atoms with Gasteiger partial charge in [-0.15, -0.1) is 0 Å². The van der Waals surface area contributed by atoms with Gasteiger partial charge in [-0.2, -0.15) is 0 Å². The second kappa shape index (κ2) is 4.52. The van der Waals surface area contributed by atoms with Crippen LogP contribution in [0.25, 0.3) is 0 Å². The van der Waals surface area contributed by atoms with Crippen LogP contribution in [-0.4, -0.2) is 34.7 Å². The van der Waals surface area contributed by atoms with Crippen molar-refractivity contribution in [3.05, 3.63) is 29.7 Å². The van der Waals surface area contributed by atoms with E-state index in [9.17, 15) is 9.90 Å². The van der Waals surface area contributed by atoms with Crippen LogP contribution in [0.1, 0.15) is 44.6 Å². The van der Waals surface area contributed by atoms with Gasteiger partial charge in [-0.1, -0.05) is 12.1 Å². The molecule has 1 aliphatic heterocycles. The molecule has 0 radical (unpaired) electrons. The summed E-state index contributed by atoms with van der Waals surface area (Å²) in [5.41, 5.74) is -1.99. The van der Waals surface area contributed by atoms with E-state index in [1.165, 1.54) is 20.8 Å². The second-order valence-electron chi connectivity index (χ2n) is 4.64. The maximum Gasteiger partial charge on any atom is 0.410 e. The molecular formula is C14H19NO3. The molecule has 0 unspecified atom stereocenters. The van der Waals surface area contributed by atoms with E-state index in [0.717, 1.165) is 0 Å². The topological polar surface area (TPSA) is 49.8 Å². The lowest BCUT2D eigenvalue weighted by Crippen LogP contribution is -2.50. The molecular weight excluding hydrogens is 230 g/mol. The largest absolute Gasteiger partial charge is 0.508 e. The number of aromatic hydroxyl groups is 1. The van der Waals surface area contributed by atoms with Crippen molar-refractivity contribution >= 4 is 6.09 Å². The van der Waals surface area contributed by atoms with Gasteiger partial charge in [0.25, 0.3) is 0 Å². The highest BCUT2D eigenvalue weighted by molar-refractivity contribution is 5.69. The van der Waals surface area contributed by atoms with Crippen molar-refractivity contribution in [1.29, 1.82) is 0 Å². The normalized spacial score (nSPS) is 30.8. The van der Waals surface area contributed by atoms with Crippen LogP contribution < -0.4 is 0 Å². The number of rotatable bonds is 1. The van der Waals surface area contributed by atoms with E-state index in [4.69, 9.17) is 17.1 Å². The van der Waals surface area contributed by atoms with Crippen LogP contribution in [0.4, 0.5) is 4.79 Å². The van der Waals surface area contributed by atoms with Crippen molar-refractivity contribution in [3.8, 4) is 5.75 Å². The Bertz CT molecular complexity index is 774. The van der Waals surface area contributed by atoms with E-state index in [2.05, 4.69) is 0 Å². The van der Waals surface area contributed by atoms with Crippen LogP contribution in [0.5, 0.6) is 5.75 Å². The standard InChI is InChI=1S/C14H19NO3/c1-14(2,3)18-13(17)15-8-11(9-15)10-5-4-6-12(16)7-10/h4-7,11,16H,8-9H2,1-3H3/i4D,5D,6D,7D,8D2,9D2,11D. The van der Waals surface area contributed by atoms with Crippen molar-refractivity contribution in [2.24, 2.45) is 0 Å². The summed E-state index contributed by atoms with van der Waals surface area (Å²) in [4.78, 5) is 12.3. The fourth-order valence-electron chi connectivity index (χ4n) is 1.19. The number of phenols is 1. The molecule has 1 amide bonds. The highest BCUT2D eigenvalue weighted by Gasteiger charge is 2.34. The Morgan fingerprint density at radius 2 is 2.28 bits per heavy atom. The van der Waals surface area contributed by atoms with Gasteiger partial charge in [0.15, 0.2) is 0 Å². The predicted octanol–water partition coefficient (Wildman–Crippen LogP) is 2.73. The Morgan fingerprint density at radius 3 is 2.89 bits per heavy atom. The third kappa shape index (κ3) is 2.94. The molecule has 1 aliphatic rings. The molecule has 0 atom stereocenters. The Labute approximate surface area is 120 Å². The molecule has 0 bridgehead atoms. The van der Waals surface area contributed by atoms with Gasteiger partial charge in [0.1, 0.15) is 11.4 Å². The molecule has 1 saturated heterocycles. The maximum atomic E-state index is 12.3. The van der Waals surface area contributed by atoms with Crippen molar-refractivity contribution in [1.82, 2.24) is 4.90 Å². The smallest absolute Gasteiger partial charge is 0.410 e. The fourth-order valence-corrected chi connectivity index (χ4v) is 1.19. The first-order valence-corrected chi connectivity index (χ1v) is 5.26. The second-order valence-corrected chi connectivity index (χ2v) is 4.64. The van der Waals surface area contributed by atoms with E-state index in [0.29, 0.717) is 0 Å². The molecule has 18 heavy (non-hydrogen) atoms. The van der Waals surface area contributed by atoms with Crippen molar-refractivity contribution in [2.75, 3.05) is 13.0 Å². The van der Waals surface area contributed by atoms with E-state index in [1.54, 1.807) is 0 Å². The lowest BCUT2D eigenvalue weighted by Gasteiger charge is -2.40. The van der Waals surface area contributed by atoms with Gasteiger partial charge >= 0.3 is 6.09 Å². The number of amides is 1. The highest BCUT2D eigenvalue weighted by atomic mass is 16.6. The van der Waals surface area contributed by atoms with Gasteiger partial charge < -0.3 is 14.7 Å². The lowest BCUT2D eigenvalue weighted by atomic mass is 9.92. The van der Waals surface area contributed by atoms with Gasteiger partial charge in [0.05, 0.1) is 11.0 Å². The number of benzene rings is 1. The number of carbonyl (C=O) groups excluding carboxylic acids is 1. The molecule has 98 valence electrons. The molecule has 0 saturated carbocycles. The van der Waals surface area contributed by atoms with Crippen molar-refractivity contribution in [2.45, 2.75) is 32.3 Å². The molecule has 4 nitrogen and oxygen atoms in total. The van der Waals surface area contributed by atoms with E-state index in [-0.39, 0.29) is 4.90 Å². The third-order valence-electron chi connectivity index (χ3n) is 1.89. The predicted molar refractivity (Wildman–Crippen MR) is 68.7 cm³/mol. The van der Waals surface area contributed by atoms with Gasteiger partial charge in [-0.05, 0) is 38.4 Å². The number of hydrogen-bond acceptors (Lipinski definition) is 3. The third-order valence-corrected chi connectivity index (χ3v) is 1.89. The van der Waals surface area contributed by atoms with Gasteiger partial charge in [-0.3, -0.25) is 0 Å². The molecule has 0 aromatic heterocycles. The minimum absolute atomic E-state index is 0.0619. The Morgan fingerprint density at radius 1 is 1.61 bits per heavy atom. The average Bonchev–Trinajstić information content (AvgIpc) is 2.48. The molecule has 2 rings (SSSR count). The number of hydrogen-bond donors (Lipinski definition) is 1. The Hall–Kier alpha value is -1.71. The Balaban J connectivity index is 2.69. The minimum atomic E-state index is -3.06. The van der Waals surface area contributed by atoms with E-state index < -0.39 is 66.1 Å². The summed E-state index contributed by atoms with van der Waals surface area (Å²) in [6.45, 7) is -1.65. The van der Waals surface area contributed by atoms with Crippen LogP contribution in [0.2, 0.25) is 0 Å². The number of likely N-dealkylation sites (tertiary alicyclic amines) is 1. The zero-order valence-corrected chi connectivity index (χ0v) is 10.2. The highest BCUT2D eigenvalue weighted by Crippen LogP contribution is 2.29. The monoisotopic (exact) mass is 258 g/mol. The van der Waals surface area contributed by atoms with E-state index >= 15 is 0 Å². The molecule has 0 spiro atoms. The zero-order valence-electron chi connectivity index (χ0n) is 19.2. The summed E-state index contributed by atoms with van der Waals surface area (Å²) < 4.78 is 76.8. The summed E-state index contributed by atoms with van der Waals surface area (Å²) in [6.07, 6.45) is -1.37. The lowest BCUT2D eigenvalue weighted by molar-refractivity contribution is 0.00819. The summed E-state index contributed by atoms with van der Waals surface area (Å²) in [6, 6.07) is -3.68. The maximum absolute atomic E-state index is 12.3. The number of phenolic OH excluding ortho intramolecular Hbond substituents is 1. The zero-order chi connectivity index (χ0) is 21.3. The van der Waals surface area contributed by atoms with Gasteiger partial charge in [-0.25, -0.2) is 4.79 Å². The fraction of sp³-hybridized carbons (Fsp3) is 0.500. The van der Waals surface area contributed by atoms with Crippen molar-refractivity contribution < 1.29 is 27.0 Å². The van der Waals surface area contributed by atoms with Crippen LogP contribution >= 0.6 is 0 Å². The van der Waals surface area contributed by atoms with Gasteiger partial charge in [0, 0.05) is 20.3 Å². The summed E-state index contributed by atoms with van der Waals surface area (Å²) in [5, 5.41) is 9.83. The van der Waals surface area contributed by atoms with Crippen molar-refractivity contribution in [3.63, 3.8) is 0 Å². The number of nitrogens with zero attached hydrogens (tertiary/aromatic N) is 1. The molecule has 1 N–H and O–H groups in total. The van der Waals surface area contributed by atoms with E-state index in [1.807, 2.05) is 0 Å². The molecule has 1 aromatic carbocycles. The molecule has 4 heteroatoms. The minimum Gasteiger partial charge on any atom is -0.508 e. The molecule has 0 aliphatic carbocycles. The summed E-state index contributed by atoms with van der Waals surface area (Å²) in [5.74, 6) is -4.08. The number of carbonyl (C=O) groups is 1. The molecule has 1 aromatic rings. The quantitative estimate of drug-likeness (QED) is 0.842. The molecule has 1 heterocycles. The first-order chi connectivity index (χ1) is 11.9. The summed E-state index contributed by atoms with van der Waals surface area (Å²) in [7, 11) is 0. The van der Waals surface area contributed by atoms with Crippen LogP contribution in [0.15, 0.2) is 24.2 Å². The van der Waals surface area contributed by atoms with Crippen LogP contribution in [0, 0.1) is 0 Å².